The van der Waals surface area contributed by atoms with Crippen molar-refractivity contribution in [2.75, 3.05) is 0 Å². The number of carbonyl (C=O) groups is 1. The molecule has 108 valence electrons. The van der Waals surface area contributed by atoms with Crippen LogP contribution in [0, 0.1) is 0 Å². The number of carboxylic acid groups (broad SMARTS) is 1. The molecule has 1 N–H and O–H groups in total. The lowest BCUT2D eigenvalue weighted by Crippen LogP contribution is -1.98. The van der Waals surface area contributed by atoms with Crippen LogP contribution in [0.5, 0.6) is 0 Å². The maximum absolute atomic E-state index is 11.0. The van der Waals surface area contributed by atoms with Crippen molar-refractivity contribution in [2.45, 2.75) is 19.8 Å². The fourth-order valence-corrected chi connectivity index (χ4v) is 3.27. The molecule has 0 amide bonds. The third-order valence-electron chi connectivity index (χ3n) is 3.34. The summed E-state index contributed by atoms with van der Waals surface area (Å²) in [6, 6.07) is 5.74. The molecule has 21 heavy (non-hydrogen) atoms. The van der Waals surface area contributed by atoms with Crippen molar-refractivity contribution in [2.24, 2.45) is 0 Å². The van der Waals surface area contributed by atoms with Gasteiger partial charge < -0.3 is 5.11 Å². The molecule has 0 saturated heterocycles. The molecule has 3 aromatic rings. The summed E-state index contributed by atoms with van der Waals surface area (Å²) in [6.07, 6.45) is 2.01. The van der Waals surface area contributed by atoms with E-state index in [1.807, 2.05) is 29.0 Å². The van der Waals surface area contributed by atoms with E-state index in [-0.39, 0.29) is 5.69 Å². The van der Waals surface area contributed by atoms with E-state index >= 15 is 0 Å². The summed E-state index contributed by atoms with van der Waals surface area (Å²) in [5.74, 6) is -0.662. The summed E-state index contributed by atoms with van der Waals surface area (Å²) in [6.45, 7) is 4.25. The fraction of sp³-hybridized carbons (Fsp3) is 0.200. The number of nitrogens with zero attached hydrogens (tertiary/aromatic N) is 2. The molecule has 3 rings (SSSR count). The van der Waals surface area contributed by atoms with Crippen LogP contribution in [0.1, 0.15) is 35.8 Å². The van der Waals surface area contributed by atoms with Gasteiger partial charge in [0.25, 0.3) is 0 Å². The Morgan fingerprint density at radius 3 is 2.81 bits per heavy atom. The molecule has 0 atom stereocenters. The van der Waals surface area contributed by atoms with Crippen LogP contribution in [-0.4, -0.2) is 20.6 Å². The van der Waals surface area contributed by atoms with Crippen LogP contribution >= 0.6 is 22.9 Å². The van der Waals surface area contributed by atoms with Crippen molar-refractivity contribution in [1.29, 1.82) is 0 Å². The lowest BCUT2D eigenvalue weighted by Gasteiger charge is -2.01. The highest BCUT2D eigenvalue weighted by molar-refractivity contribution is 7.12. The number of aromatic nitrogens is 2. The molecule has 4 nitrogen and oxygen atoms in total. The predicted octanol–water partition coefficient (Wildman–Crippen LogP) is 4.56. The highest BCUT2D eigenvalue weighted by Gasteiger charge is 2.16. The minimum atomic E-state index is -1.02. The molecule has 0 bridgehead atoms. The van der Waals surface area contributed by atoms with Gasteiger partial charge in [0, 0.05) is 22.0 Å². The standard InChI is InChI=1S/C15H13ClN2O2S/c1-8(2)11-6-18(13-5-9(16)3-4-10(11)13)15-17-12(7-21-15)14(19)20/h3-8H,1-2H3,(H,19,20). The van der Waals surface area contributed by atoms with Gasteiger partial charge >= 0.3 is 5.97 Å². The zero-order chi connectivity index (χ0) is 15.1. The average Bonchev–Trinajstić information content (AvgIpc) is 3.01. The van der Waals surface area contributed by atoms with Crippen LogP contribution < -0.4 is 0 Å². The third kappa shape index (κ3) is 2.43. The summed E-state index contributed by atoms with van der Waals surface area (Å²) in [7, 11) is 0. The van der Waals surface area contributed by atoms with Crippen molar-refractivity contribution >= 4 is 39.8 Å². The van der Waals surface area contributed by atoms with Gasteiger partial charge in [-0.2, -0.15) is 0 Å². The van der Waals surface area contributed by atoms with Gasteiger partial charge in [-0.25, -0.2) is 9.78 Å². The largest absolute Gasteiger partial charge is 0.476 e. The van der Waals surface area contributed by atoms with E-state index in [0.717, 1.165) is 10.9 Å². The summed E-state index contributed by atoms with van der Waals surface area (Å²) < 4.78 is 1.91. The number of hydrogen-bond acceptors (Lipinski definition) is 3. The van der Waals surface area contributed by atoms with Crippen molar-refractivity contribution in [1.82, 2.24) is 9.55 Å². The smallest absolute Gasteiger partial charge is 0.355 e. The highest BCUT2D eigenvalue weighted by atomic mass is 35.5. The Kier molecular flexibility index (Phi) is 3.47. The van der Waals surface area contributed by atoms with Gasteiger partial charge in [0.15, 0.2) is 10.8 Å². The van der Waals surface area contributed by atoms with Crippen LogP contribution in [0.15, 0.2) is 29.8 Å². The van der Waals surface area contributed by atoms with Gasteiger partial charge in [-0.1, -0.05) is 31.5 Å². The number of aromatic carboxylic acids is 1. The van der Waals surface area contributed by atoms with Gasteiger partial charge in [0.05, 0.1) is 5.52 Å². The topological polar surface area (TPSA) is 55.1 Å². The van der Waals surface area contributed by atoms with Crippen LogP contribution in [0.3, 0.4) is 0 Å². The number of benzene rings is 1. The molecular formula is C15H13ClN2O2S. The van der Waals surface area contributed by atoms with Crippen LogP contribution in [0.4, 0.5) is 0 Å². The minimum Gasteiger partial charge on any atom is -0.476 e. The van der Waals surface area contributed by atoms with E-state index in [1.54, 1.807) is 5.38 Å². The Hall–Kier alpha value is -1.85. The first-order chi connectivity index (χ1) is 9.97. The van der Waals surface area contributed by atoms with E-state index in [0.29, 0.717) is 16.1 Å². The Labute approximate surface area is 130 Å². The summed E-state index contributed by atoms with van der Waals surface area (Å²) >= 11 is 7.40. The first kappa shape index (κ1) is 14.1. The van der Waals surface area contributed by atoms with E-state index in [1.165, 1.54) is 16.9 Å². The van der Waals surface area contributed by atoms with Gasteiger partial charge in [-0.05, 0) is 23.6 Å². The molecule has 0 aliphatic rings. The normalized spacial score (nSPS) is 11.4. The van der Waals surface area contributed by atoms with Crippen LogP contribution in [0.2, 0.25) is 5.02 Å². The molecule has 0 fully saturated rings. The molecule has 6 heteroatoms. The van der Waals surface area contributed by atoms with E-state index < -0.39 is 5.97 Å². The summed E-state index contributed by atoms with van der Waals surface area (Å²) in [5, 5.41) is 12.9. The molecular weight excluding hydrogens is 308 g/mol. The first-order valence-corrected chi connectivity index (χ1v) is 7.73. The van der Waals surface area contributed by atoms with E-state index in [2.05, 4.69) is 18.8 Å². The predicted molar refractivity (Wildman–Crippen MR) is 85.0 cm³/mol. The monoisotopic (exact) mass is 320 g/mol. The van der Waals surface area contributed by atoms with Crippen LogP contribution in [-0.2, 0) is 0 Å². The molecule has 0 aliphatic carbocycles. The number of fused-ring (bicyclic) bond motifs is 1. The second-order valence-corrected chi connectivity index (χ2v) is 6.36. The van der Waals surface area contributed by atoms with Crippen molar-refractivity contribution < 1.29 is 9.90 Å². The fourth-order valence-electron chi connectivity index (χ4n) is 2.32. The molecule has 1 aromatic carbocycles. The molecule has 0 aliphatic heterocycles. The number of thiazole rings is 1. The second-order valence-electron chi connectivity index (χ2n) is 5.09. The molecule has 0 unspecified atom stereocenters. The van der Waals surface area contributed by atoms with Gasteiger partial charge in [-0.15, -0.1) is 11.3 Å². The lowest BCUT2D eigenvalue weighted by atomic mass is 10.0. The summed E-state index contributed by atoms with van der Waals surface area (Å²) in [4.78, 5) is 15.2. The number of halogens is 1. The number of carboxylic acids is 1. The van der Waals surface area contributed by atoms with Gasteiger partial charge in [0.1, 0.15) is 0 Å². The SMILES string of the molecule is CC(C)c1cn(-c2nc(C(=O)O)cs2)c2cc(Cl)ccc12. The first-order valence-electron chi connectivity index (χ1n) is 6.47. The quantitative estimate of drug-likeness (QED) is 0.769. The number of rotatable bonds is 3. The maximum atomic E-state index is 11.0. The van der Waals surface area contributed by atoms with Gasteiger partial charge in [-0.3, -0.25) is 4.57 Å². The number of hydrogen-bond donors (Lipinski definition) is 1. The zero-order valence-electron chi connectivity index (χ0n) is 11.5. The van der Waals surface area contributed by atoms with Gasteiger partial charge in [0.2, 0.25) is 0 Å². The van der Waals surface area contributed by atoms with Crippen molar-refractivity contribution in [3.8, 4) is 5.13 Å². The van der Waals surface area contributed by atoms with E-state index in [4.69, 9.17) is 16.7 Å². The average molecular weight is 321 g/mol. The molecule has 2 heterocycles. The minimum absolute atomic E-state index is 0.0602. The Morgan fingerprint density at radius 1 is 1.43 bits per heavy atom. The molecule has 0 radical (unpaired) electrons. The molecule has 2 aromatic heterocycles. The van der Waals surface area contributed by atoms with Crippen molar-refractivity contribution in [3.05, 3.63) is 46.1 Å². The zero-order valence-corrected chi connectivity index (χ0v) is 13.1. The Bertz CT molecular complexity index is 835. The Balaban J connectivity index is 2.25. The summed E-state index contributed by atoms with van der Waals surface area (Å²) in [5.41, 5.74) is 2.19. The third-order valence-corrected chi connectivity index (χ3v) is 4.41. The Morgan fingerprint density at radius 2 is 2.19 bits per heavy atom. The lowest BCUT2D eigenvalue weighted by molar-refractivity contribution is 0.0691. The molecule has 0 spiro atoms. The maximum Gasteiger partial charge on any atom is 0.355 e. The van der Waals surface area contributed by atoms with Crippen molar-refractivity contribution in [3.63, 3.8) is 0 Å². The highest BCUT2D eigenvalue weighted by Crippen LogP contribution is 2.32. The van der Waals surface area contributed by atoms with E-state index in [9.17, 15) is 4.79 Å². The van der Waals surface area contributed by atoms with Crippen LogP contribution in [0.25, 0.3) is 16.0 Å². The molecule has 0 saturated carbocycles. The second kappa shape index (κ2) is 5.16.